The topological polar surface area (TPSA) is 118 Å². The molecule has 0 fully saturated rings. The molecule has 0 spiro atoms. The number of oxime groups is 1. The van der Waals surface area contributed by atoms with Crippen molar-refractivity contribution in [3.05, 3.63) is 22.9 Å². The van der Waals surface area contributed by atoms with Gasteiger partial charge in [0, 0.05) is 12.6 Å². The number of rotatable bonds is 5. The van der Waals surface area contributed by atoms with Crippen molar-refractivity contribution in [2.45, 2.75) is 44.6 Å². The van der Waals surface area contributed by atoms with Gasteiger partial charge >= 0.3 is 18.3 Å². The zero-order valence-corrected chi connectivity index (χ0v) is 18.6. The summed E-state index contributed by atoms with van der Waals surface area (Å²) in [7, 11) is -3.42. The quantitative estimate of drug-likeness (QED) is 0.383. The van der Waals surface area contributed by atoms with Crippen LogP contribution in [-0.2, 0) is 14.7 Å². The van der Waals surface area contributed by atoms with Crippen molar-refractivity contribution in [3.8, 4) is 0 Å². The molecule has 194 valence electrons. The third-order valence-corrected chi connectivity index (χ3v) is 5.83. The number of halogens is 8. The molecular formula is C17H16F8N6O3S. The van der Waals surface area contributed by atoms with Crippen LogP contribution in [0.2, 0.25) is 0 Å². The van der Waals surface area contributed by atoms with E-state index in [1.165, 1.54) is 13.0 Å². The molecule has 0 aromatic carbocycles. The third kappa shape index (κ3) is 7.46. The van der Waals surface area contributed by atoms with Crippen LogP contribution in [0, 0.1) is 0 Å². The normalized spacial score (nSPS) is 21.4. The van der Waals surface area contributed by atoms with Crippen LogP contribution in [0.15, 0.2) is 53.2 Å². The fourth-order valence-electron chi connectivity index (χ4n) is 2.30. The highest BCUT2D eigenvalue weighted by Gasteiger charge is 2.62. The molecular weight excluding hydrogens is 520 g/mol. The molecule has 1 unspecified atom stereocenters. The number of azo groups is 1. The summed E-state index contributed by atoms with van der Waals surface area (Å²) < 4.78 is 120. The predicted octanol–water partition coefficient (Wildman–Crippen LogP) is 4.40. The van der Waals surface area contributed by atoms with E-state index in [0.29, 0.717) is 0 Å². The van der Waals surface area contributed by atoms with E-state index in [0.717, 1.165) is 12.4 Å². The highest BCUT2D eigenvalue weighted by Crippen LogP contribution is 2.39. The summed E-state index contributed by atoms with van der Waals surface area (Å²) >= 11 is 0. The number of hydrogen-bond donors (Lipinski definition) is 0. The van der Waals surface area contributed by atoms with Gasteiger partial charge in [-0.2, -0.15) is 40.2 Å². The van der Waals surface area contributed by atoms with Crippen LogP contribution in [0.5, 0.6) is 0 Å². The number of hydrogen-bond acceptors (Lipinski definition) is 9. The zero-order chi connectivity index (χ0) is 26.7. The lowest BCUT2D eigenvalue weighted by Gasteiger charge is -2.16. The number of sulfone groups is 1. The Hall–Kier alpha value is -3.05. The Labute approximate surface area is 192 Å². The van der Waals surface area contributed by atoms with Gasteiger partial charge in [0.05, 0.1) is 22.9 Å². The first-order valence-electron chi connectivity index (χ1n) is 9.42. The van der Waals surface area contributed by atoms with Gasteiger partial charge in [-0.05, 0) is 13.0 Å². The highest BCUT2D eigenvalue weighted by atomic mass is 32.2. The van der Waals surface area contributed by atoms with Crippen LogP contribution in [0.4, 0.5) is 35.1 Å². The average molecular weight is 536 g/mol. The molecule has 3 heterocycles. The molecule has 3 rings (SSSR count). The Bertz CT molecular complexity index is 1150. The summed E-state index contributed by atoms with van der Waals surface area (Å²) in [4.78, 5) is 13.9. The fraction of sp³-hybridized carbons (Fsp3) is 0.529. The molecule has 3 aliphatic rings. The van der Waals surface area contributed by atoms with Gasteiger partial charge < -0.3 is 4.84 Å². The van der Waals surface area contributed by atoms with E-state index < -0.39 is 46.6 Å². The molecule has 0 saturated heterocycles. The van der Waals surface area contributed by atoms with Crippen LogP contribution in [-0.4, -0.2) is 68.7 Å². The minimum absolute atomic E-state index is 0.0156. The number of fused-ring (bicyclic) bond motifs is 1. The van der Waals surface area contributed by atoms with Crippen LogP contribution in [0.25, 0.3) is 0 Å². The standard InChI is InChI=1S/C9H11F3N2O3S.C8H5F5N4/c1-2-18(15,16)8-3-7(4-13-5-8)14-17-6-9(10,11)12;1-3-2-4-5(17-16-3)15-6(14-4)7(9,10)8(11,12)13/h4-5H,2-3,6H2,1H3;2-3H,1H3. The van der Waals surface area contributed by atoms with Gasteiger partial charge in [0.2, 0.25) is 18.3 Å². The molecule has 9 nitrogen and oxygen atoms in total. The number of alkyl halides is 8. The van der Waals surface area contributed by atoms with Crippen molar-refractivity contribution in [2.75, 3.05) is 12.4 Å². The number of allylic oxidation sites excluding steroid dienone is 1. The van der Waals surface area contributed by atoms with Crippen LogP contribution < -0.4 is 0 Å². The van der Waals surface area contributed by atoms with Gasteiger partial charge in [-0.25, -0.2) is 18.4 Å². The van der Waals surface area contributed by atoms with Crippen LogP contribution >= 0.6 is 0 Å². The van der Waals surface area contributed by atoms with Crippen molar-refractivity contribution < 1.29 is 48.4 Å². The number of nitrogens with zero attached hydrogens (tertiary/aromatic N) is 6. The molecule has 0 radical (unpaired) electrons. The first kappa shape index (κ1) is 28.2. The van der Waals surface area contributed by atoms with Gasteiger partial charge in [0.25, 0.3) is 0 Å². The van der Waals surface area contributed by atoms with Crippen molar-refractivity contribution in [3.63, 3.8) is 0 Å². The third-order valence-electron chi connectivity index (χ3n) is 4.02. The maximum atomic E-state index is 12.9. The minimum Gasteiger partial charge on any atom is -0.386 e. The van der Waals surface area contributed by atoms with Crippen LogP contribution in [0.3, 0.4) is 0 Å². The molecule has 0 aromatic rings. The summed E-state index contributed by atoms with van der Waals surface area (Å²) in [6, 6.07) is -0.424. The fourth-order valence-corrected chi connectivity index (χ4v) is 3.26. The molecule has 35 heavy (non-hydrogen) atoms. The van der Waals surface area contributed by atoms with Gasteiger partial charge in [-0.15, -0.1) is 5.11 Å². The summed E-state index contributed by atoms with van der Waals surface area (Å²) in [6.07, 6.45) is -6.70. The molecule has 0 saturated carbocycles. The predicted molar refractivity (Wildman–Crippen MR) is 108 cm³/mol. The second-order valence-electron chi connectivity index (χ2n) is 6.88. The van der Waals surface area contributed by atoms with Gasteiger partial charge in [0.1, 0.15) is 11.4 Å². The van der Waals surface area contributed by atoms with E-state index in [4.69, 9.17) is 0 Å². The Kier molecular flexibility index (Phi) is 8.29. The lowest BCUT2D eigenvalue weighted by molar-refractivity contribution is -0.249. The average Bonchev–Trinajstić information content (AvgIpc) is 3.17. The number of amidine groups is 2. The van der Waals surface area contributed by atoms with E-state index in [2.05, 4.69) is 35.2 Å². The first-order chi connectivity index (χ1) is 16.0. The SMILES string of the molecule is CC1C=C2N=C(C(F)(F)C(F)(F)F)N=C2N=N1.CCS(=O)(=O)C1=CN=CC(=NOCC(F)(F)F)C1. The van der Waals surface area contributed by atoms with Gasteiger partial charge in [-0.1, -0.05) is 12.1 Å². The molecule has 3 aliphatic heterocycles. The van der Waals surface area contributed by atoms with E-state index in [9.17, 15) is 43.5 Å². The summed E-state index contributed by atoms with van der Waals surface area (Å²) in [5, 5.41) is 10.2. The van der Waals surface area contributed by atoms with E-state index in [1.807, 2.05) is 0 Å². The van der Waals surface area contributed by atoms with Crippen molar-refractivity contribution in [1.82, 2.24) is 0 Å². The second-order valence-corrected chi connectivity index (χ2v) is 9.21. The smallest absolute Gasteiger partial charge is 0.386 e. The molecule has 1 atom stereocenters. The van der Waals surface area contributed by atoms with E-state index in [1.54, 1.807) is 6.92 Å². The monoisotopic (exact) mass is 536 g/mol. The summed E-state index contributed by atoms with van der Waals surface area (Å²) in [5.41, 5.74) is -0.0693. The Balaban J connectivity index is 0.000000247. The van der Waals surface area contributed by atoms with Crippen molar-refractivity contribution in [2.24, 2.45) is 30.4 Å². The lowest BCUT2D eigenvalue weighted by atomic mass is 10.2. The second kappa shape index (κ2) is 10.3. The highest BCUT2D eigenvalue weighted by molar-refractivity contribution is 7.95. The zero-order valence-electron chi connectivity index (χ0n) is 17.8. The van der Waals surface area contributed by atoms with Gasteiger partial charge in [0.15, 0.2) is 9.84 Å². The van der Waals surface area contributed by atoms with E-state index in [-0.39, 0.29) is 34.3 Å². The molecule has 0 N–H and O–H groups in total. The minimum atomic E-state index is -5.73. The molecule has 0 aromatic heterocycles. The molecule has 18 heteroatoms. The molecule has 0 amide bonds. The maximum absolute atomic E-state index is 12.9. The van der Waals surface area contributed by atoms with Crippen molar-refractivity contribution in [1.29, 1.82) is 0 Å². The summed E-state index contributed by atoms with van der Waals surface area (Å²) in [5.74, 6) is -7.11. The maximum Gasteiger partial charge on any atom is 0.461 e. The Morgan fingerprint density at radius 1 is 1.11 bits per heavy atom. The van der Waals surface area contributed by atoms with Crippen molar-refractivity contribution >= 4 is 33.4 Å². The Morgan fingerprint density at radius 3 is 2.34 bits per heavy atom. The first-order valence-corrected chi connectivity index (χ1v) is 11.1. The summed E-state index contributed by atoms with van der Waals surface area (Å²) in [6.45, 7) is 1.53. The van der Waals surface area contributed by atoms with Gasteiger partial charge in [-0.3, -0.25) is 4.99 Å². The van der Waals surface area contributed by atoms with Crippen LogP contribution in [0.1, 0.15) is 20.3 Å². The Morgan fingerprint density at radius 2 is 1.77 bits per heavy atom. The van der Waals surface area contributed by atoms with E-state index >= 15 is 0 Å². The number of aliphatic imine (C=N–C) groups is 3. The largest absolute Gasteiger partial charge is 0.461 e. The molecule has 0 aliphatic carbocycles. The molecule has 0 bridgehead atoms. The lowest BCUT2D eigenvalue weighted by Crippen LogP contribution is -2.42.